The molecule has 11 nitrogen and oxygen atoms in total. The largest absolute Gasteiger partial charge is 0.460 e. The van der Waals surface area contributed by atoms with Gasteiger partial charge in [-0.05, 0) is 68.2 Å². The van der Waals surface area contributed by atoms with Crippen molar-refractivity contribution in [2.24, 2.45) is 17.6 Å². The third-order valence-corrected chi connectivity index (χ3v) is 8.68. The third kappa shape index (κ3) is 7.34. The van der Waals surface area contributed by atoms with Crippen molar-refractivity contribution in [2.75, 3.05) is 31.1 Å². The molecule has 1 aromatic heterocycles. The molecule has 2 fully saturated rings. The van der Waals surface area contributed by atoms with E-state index in [2.05, 4.69) is 15.5 Å². The van der Waals surface area contributed by atoms with Crippen LogP contribution in [0.2, 0.25) is 0 Å². The Labute approximate surface area is 251 Å². The van der Waals surface area contributed by atoms with Crippen LogP contribution in [0.1, 0.15) is 76.1 Å². The maximum absolute atomic E-state index is 15.2. The van der Waals surface area contributed by atoms with E-state index in [-0.39, 0.29) is 36.1 Å². The summed E-state index contributed by atoms with van der Waals surface area (Å²) in [7, 11) is 0. The third-order valence-electron chi connectivity index (χ3n) is 8.68. The second-order valence-corrected chi connectivity index (χ2v) is 12.0. The molecule has 43 heavy (non-hydrogen) atoms. The molecule has 2 unspecified atom stereocenters. The molecule has 3 heterocycles. The average Bonchev–Trinajstić information content (AvgIpc) is 3.71. The molecule has 3 amide bonds. The summed E-state index contributed by atoms with van der Waals surface area (Å²) in [5.74, 6) is -0.139. The minimum Gasteiger partial charge on any atom is -0.460 e. The highest BCUT2D eigenvalue weighted by atomic mass is 19.1. The minimum atomic E-state index is -1.43. The van der Waals surface area contributed by atoms with Crippen LogP contribution < -0.4 is 20.7 Å². The van der Waals surface area contributed by atoms with Crippen molar-refractivity contribution in [1.29, 1.82) is 0 Å². The second kappa shape index (κ2) is 13.6. The van der Waals surface area contributed by atoms with Gasteiger partial charge in [-0.15, -0.1) is 0 Å². The van der Waals surface area contributed by atoms with Crippen LogP contribution in [0.3, 0.4) is 0 Å². The van der Waals surface area contributed by atoms with E-state index in [0.717, 1.165) is 17.6 Å². The number of allylic oxidation sites excluding steroid dienone is 2. The van der Waals surface area contributed by atoms with E-state index in [0.29, 0.717) is 75.7 Å². The fourth-order valence-electron chi connectivity index (χ4n) is 6.04. The lowest BCUT2D eigenvalue weighted by Crippen LogP contribution is -2.48. The topological polar surface area (TPSA) is 144 Å². The summed E-state index contributed by atoms with van der Waals surface area (Å²) >= 11 is 0. The van der Waals surface area contributed by atoms with Crippen molar-refractivity contribution >= 4 is 29.3 Å². The first kappa shape index (κ1) is 30.5. The summed E-state index contributed by atoms with van der Waals surface area (Å²) in [6.07, 6.45) is 4.97. The number of benzene rings is 1. The van der Waals surface area contributed by atoms with Gasteiger partial charge < -0.3 is 30.1 Å². The van der Waals surface area contributed by atoms with Gasteiger partial charge in [-0.2, -0.15) is 4.98 Å². The lowest BCUT2D eigenvalue weighted by molar-refractivity contribution is -0.138. The highest BCUT2D eigenvalue weighted by molar-refractivity contribution is 5.90. The van der Waals surface area contributed by atoms with Crippen molar-refractivity contribution in [3.05, 3.63) is 41.7 Å². The number of primary amides is 1. The van der Waals surface area contributed by atoms with Crippen molar-refractivity contribution in [1.82, 2.24) is 20.4 Å². The zero-order valence-corrected chi connectivity index (χ0v) is 24.8. The Kier molecular flexibility index (Phi) is 9.62. The summed E-state index contributed by atoms with van der Waals surface area (Å²) in [5.41, 5.74) is 7.42. The summed E-state index contributed by atoms with van der Waals surface area (Å²) in [6.45, 7) is 5.59. The van der Waals surface area contributed by atoms with E-state index in [9.17, 15) is 14.4 Å². The Bertz CT molecular complexity index is 1340. The quantitative estimate of drug-likeness (QED) is 0.424. The number of nitrogens with two attached hydrogens (primary N) is 1. The first-order valence-electron chi connectivity index (χ1n) is 15.2. The number of halogens is 1. The Hall–Kier alpha value is -3.96. The van der Waals surface area contributed by atoms with E-state index in [1.807, 2.05) is 43.0 Å². The fraction of sp³-hybridized carbons (Fsp3) is 0.581. The lowest BCUT2D eigenvalue weighted by atomic mass is 9.86. The van der Waals surface area contributed by atoms with Crippen molar-refractivity contribution in [3.8, 4) is 5.75 Å². The molecule has 2 aliphatic heterocycles. The van der Waals surface area contributed by atoms with Crippen LogP contribution in [0, 0.1) is 11.8 Å². The van der Waals surface area contributed by atoms with Crippen LogP contribution in [0.25, 0.3) is 5.57 Å². The maximum atomic E-state index is 15.2. The zero-order valence-electron chi connectivity index (χ0n) is 24.8. The van der Waals surface area contributed by atoms with Crippen LogP contribution in [0.5, 0.6) is 5.75 Å². The van der Waals surface area contributed by atoms with Crippen LogP contribution in [-0.4, -0.2) is 71.3 Å². The molecule has 3 atom stereocenters. The highest BCUT2D eigenvalue weighted by Crippen LogP contribution is 2.33. The van der Waals surface area contributed by atoms with Gasteiger partial charge in [0.05, 0.1) is 6.54 Å². The van der Waals surface area contributed by atoms with Crippen LogP contribution in [-0.2, 0) is 14.4 Å². The van der Waals surface area contributed by atoms with Crippen molar-refractivity contribution in [3.63, 3.8) is 0 Å². The first-order chi connectivity index (χ1) is 20.7. The van der Waals surface area contributed by atoms with Gasteiger partial charge in [-0.25, -0.2) is 4.39 Å². The predicted octanol–water partition coefficient (Wildman–Crippen LogP) is 3.56. The van der Waals surface area contributed by atoms with Gasteiger partial charge in [0.1, 0.15) is 11.8 Å². The predicted molar refractivity (Wildman–Crippen MR) is 158 cm³/mol. The van der Waals surface area contributed by atoms with E-state index in [1.165, 1.54) is 4.90 Å². The van der Waals surface area contributed by atoms with E-state index >= 15 is 4.39 Å². The van der Waals surface area contributed by atoms with E-state index in [1.54, 1.807) is 6.07 Å². The Morgan fingerprint density at radius 2 is 1.95 bits per heavy atom. The fourth-order valence-corrected chi connectivity index (χ4v) is 6.04. The summed E-state index contributed by atoms with van der Waals surface area (Å²) in [6, 6.07) is 7.32. The number of nitrogens with one attached hydrogen (secondary N) is 1. The molecule has 232 valence electrons. The van der Waals surface area contributed by atoms with E-state index < -0.39 is 18.3 Å². The molecule has 5 rings (SSSR count). The molecular formula is C31H41FN6O5. The molecule has 0 spiro atoms. The van der Waals surface area contributed by atoms with Gasteiger partial charge in [0.15, 0.2) is 5.82 Å². The number of hydrogen-bond donors (Lipinski definition) is 2. The SMILES string of the molecule is CC(C)c1noc(N2CCC(C(F)Oc3cccc(C4=CCC(C(=O)NCC(=O)N5CCC[C@@H]5C(N)=O)CC4)c3)CC2)n1. The Morgan fingerprint density at radius 1 is 1.16 bits per heavy atom. The van der Waals surface area contributed by atoms with Gasteiger partial charge >= 0.3 is 6.01 Å². The molecule has 2 aromatic rings. The number of nitrogens with zero attached hydrogens (tertiary/aromatic N) is 4. The normalized spacial score (nSPS) is 21.9. The van der Waals surface area contributed by atoms with Gasteiger partial charge in [0, 0.05) is 37.4 Å². The molecule has 3 aliphatic rings. The van der Waals surface area contributed by atoms with Crippen molar-refractivity contribution < 1.29 is 28.0 Å². The van der Waals surface area contributed by atoms with Crippen LogP contribution in [0.4, 0.5) is 10.4 Å². The summed E-state index contributed by atoms with van der Waals surface area (Å²) in [4.78, 5) is 44.7. The number of likely N-dealkylation sites (tertiary alicyclic amines) is 1. The average molecular weight is 597 g/mol. The number of carbonyl (C=O) groups is 3. The Balaban J connectivity index is 1.09. The van der Waals surface area contributed by atoms with Gasteiger partial charge in [0.2, 0.25) is 24.1 Å². The molecule has 0 bridgehead atoms. The number of anilines is 1. The molecule has 0 saturated carbocycles. The maximum Gasteiger partial charge on any atom is 0.324 e. The van der Waals surface area contributed by atoms with Gasteiger partial charge in [-0.3, -0.25) is 14.4 Å². The lowest BCUT2D eigenvalue weighted by Gasteiger charge is -2.32. The molecule has 12 heteroatoms. The molecule has 3 N–H and O–H groups in total. The molecule has 0 radical (unpaired) electrons. The molecule has 1 aliphatic carbocycles. The molecule has 1 aromatic carbocycles. The summed E-state index contributed by atoms with van der Waals surface area (Å²) in [5, 5.41) is 6.75. The number of aromatic nitrogens is 2. The van der Waals surface area contributed by atoms with E-state index in [4.69, 9.17) is 15.0 Å². The number of piperidine rings is 1. The van der Waals surface area contributed by atoms with Gasteiger partial charge in [0.25, 0.3) is 0 Å². The minimum absolute atomic E-state index is 0.144. The number of rotatable bonds is 10. The molecular weight excluding hydrogens is 555 g/mol. The summed E-state index contributed by atoms with van der Waals surface area (Å²) < 4.78 is 26.3. The smallest absolute Gasteiger partial charge is 0.324 e. The van der Waals surface area contributed by atoms with Crippen LogP contribution in [0.15, 0.2) is 34.9 Å². The number of alkyl halides is 1. The first-order valence-corrected chi connectivity index (χ1v) is 15.2. The Morgan fingerprint density at radius 3 is 2.63 bits per heavy atom. The standard InChI is InChI=1S/C31H41FN6O5/c1-19(2)29-35-31(43-36-29)37-15-12-21(13-16-37)27(32)42-24-6-3-5-23(17-24)20-8-10-22(11-9-20)30(41)34-18-26(39)38-14-4-7-25(38)28(33)40/h3,5-6,8,17,19,21-22,25,27H,4,7,9-16,18H2,1-2H3,(H2,33,40)(H,34,41)/t22?,25-,27?/m1/s1. The highest BCUT2D eigenvalue weighted by Gasteiger charge is 2.33. The van der Waals surface area contributed by atoms with Gasteiger partial charge in [-0.1, -0.05) is 37.2 Å². The number of ether oxygens (including phenoxy) is 1. The second-order valence-electron chi connectivity index (χ2n) is 12.0. The number of amides is 3. The molecule has 2 saturated heterocycles. The number of carbonyl (C=O) groups excluding carboxylic acids is 3. The number of hydrogen-bond acceptors (Lipinski definition) is 8. The monoisotopic (exact) mass is 596 g/mol. The van der Waals surface area contributed by atoms with Crippen molar-refractivity contribution in [2.45, 2.75) is 77.1 Å². The van der Waals surface area contributed by atoms with Crippen LogP contribution >= 0.6 is 0 Å². The zero-order chi connectivity index (χ0) is 30.5.